The monoisotopic (exact) mass is 435 g/mol. The van der Waals surface area contributed by atoms with E-state index in [4.69, 9.17) is 19.0 Å². The van der Waals surface area contributed by atoms with Gasteiger partial charge in [0.1, 0.15) is 0 Å². The summed E-state index contributed by atoms with van der Waals surface area (Å²) < 4.78 is 16.4. The SMILES string of the molecule is COc1ccc(CCN(C)Cc2nc(C3(c4ccc(C)cc4)CCCC3)no2)cc1OC. The molecule has 0 unspecified atom stereocenters. The van der Waals surface area contributed by atoms with Gasteiger partial charge in [-0.2, -0.15) is 4.98 Å². The van der Waals surface area contributed by atoms with Gasteiger partial charge in [-0.05, 0) is 56.5 Å². The van der Waals surface area contributed by atoms with E-state index >= 15 is 0 Å². The van der Waals surface area contributed by atoms with Crippen LogP contribution in [0.1, 0.15) is 54.1 Å². The summed E-state index contributed by atoms with van der Waals surface area (Å²) in [6.45, 7) is 3.62. The summed E-state index contributed by atoms with van der Waals surface area (Å²) in [4.78, 5) is 7.06. The van der Waals surface area contributed by atoms with E-state index in [-0.39, 0.29) is 5.41 Å². The predicted molar refractivity (Wildman–Crippen MR) is 124 cm³/mol. The molecular formula is C26H33N3O3. The Hall–Kier alpha value is -2.86. The van der Waals surface area contributed by atoms with Crippen LogP contribution in [-0.2, 0) is 18.4 Å². The third-order valence-corrected chi connectivity index (χ3v) is 6.59. The number of likely N-dealkylation sites (N-methyl/N-ethyl adjacent to an activating group) is 1. The second-order valence-electron chi connectivity index (χ2n) is 8.84. The van der Waals surface area contributed by atoms with Gasteiger partial charge in [0.2, 0.25) is 5.89 Å². The molecule has 4 rings (SSSR count). The molecule has 1 aromatic heterocycles. The number of aromatic nitrogens is 2. The molecule has 1 saturated carbocycles. The maximum atomic E-state index is 5.70. The first kappa shape index (κ1) is 22.3. The number of methoxy groups -OCH3 is 2. The maximum Gasteiger partial charge on any atom is 0.240 e. The molecule has 0 amide bonds. The number of rotatable bonds is 9. The first-order valence-corrected chi connectivity index (χ1v) is 11.3. The van der Waals surface area contributed by atoms with E-state index in [1.807, 2.05) is 12.1 Å². The van der Waals surface area contributed by atoms with Crippen LogP contribution in [0.25, 0.3) is 0 Å². The van der Waals surface area contributed by atoms with Gasteiger partial charge in [-0.15, -0.1) is 0 Å². The number of hydrogen-bond donors (Lipinski definition) is 0. The lowest BCUT2D eigenvalue weighted by molar-refractivity contribution is 0.267. The van der Waals surface area contributed by atoms with Crippen LogP contribution in [0.4, 0.5) is 0 Å². The third kappa shape index (κ3) is 4.65. The highest BCUT2D eigenvalue weighted by atomic mass is 16.5. The van der Waals surface area contributed by atoms with Crippen molar-refractivity contribution in [2.75, 3.05) is 27.8 Å². The normalized spacial score (nSPS) is 15.3. The van der Waals surface area contributed by atoms with Crippen LogP contribution in [0.2, 0.25) is 0 Å². The van der Waals surface area contributed by atoms with E-state index in [9.17, 15) is 0 Å². The molecule has 1 aliphatic carbocycles. The lowest BCUT2D eigenvalue weighted by Gasteiger charge is -2.26. The zero-order valence-corrected chi connectivity index (χ0v) is 19.6. The van der Waals surface area contributed by atoms with E-state index in [1.165, 1.54) is 29.5 Å². The molecule has 0 aliphatic heterocycles. The summed E-state index contributed by atoms with van der Waals surface area (Å²) in [7, 11) is 5.39. The average Bonchev–Trinajstić information content (AvgIpc) is 3.48. The van der Waals surface area contributed by atoms with Crippen molar-refractivity contribution < 1.29 is 14.0 Å². The number of hydrogen-bond acceptors (Lipinski definition) is 6. The van der Waals surface area contributed by atoms with Crippen LogP contribution in [0.15, 0.2) is 47.0 Å². The van der Waals surface area contributed by atoms with Crippen LogP contribution in [0, 0.1) is 6.92 Å². The Morgan fingerprint density at radius 1 is 1.00 bits per heavy atom. The zero-order chi connectivity index (χ0) is 22.6. The topological polar surface area (TPSA) is 60.6 Å². The van der Waals surface area contributed by atoms with E-state index < -0.39 is 0 Å². The van der Waals surface area contributed by atoms with Crippen molar-refractivity contribution in [3.8, 4) is 11.5 Å². The van der Waals surface area contributed by atoms with E-state index in [0.29, 0.717) is 12.4 Å². The highest BCUT2D eigenvalue weighted by Crippen LogP contribution is 2.45. The van der Waals surface area contributed by atoms with Gasteiger partial charge in [0.25, 0.3) is 0 Å². The molecule has 170 valence electrons. The molecule has 6 heteroatoms. The van der Waals surface area contributed by atoms with Gasteiger partial charge >= 0.3 is 0 Å². The fourth-order valence-electron chi connectivity index (χ4n) is 4.67. The van der Waals surface area contributed by atoms with Crippen LogP contribution >= 0.6 is 0 Å². The Labute approximate surface area is 190 Å². The molecule has 1 heterocycles. The Morgan fingerprint density at radius 3 is 2.41 bits per heavy atom. The third-order valence-electron chi connectivity index (χ3n) is 6.59. The standard InChI is InChI=1S/C26H33N3O3/c1-19-7-10-21(11-8-19)26(14-5-6-15-26)25-27-24(32-28-25)18-29(2)16-13-20-9-12-22(30-3)23(17-20)31-4/h7-12,17H,5-6,13-16,18H2,1-4H3. The van der Waals surface area contributed by atoms with Crippen molar-refractivity contribution >= 4 is 0 Å². The molecular weight excluding hydrogens is 402 g/mol. The maximum absolute atomic E-state index is 5.70. The molecule has 0 radical (unpaired) electrons. The molecule has 0 saturated heterocycles. The van der Waals surface area contributed by atoms with Crippen molar-refractivity contribution in [3.05, 3.63) is 70.9 Å². The summed E-state index contributed by atoms with van der Waals surface area (Å²) in [6, 6.07) is 14.9. The smallest absolute Gasteiger partial charge is 0.240 e. The van der Waals surface area contributed by atoms with Crippen LogP contribution < -0.4 is 9.47 Å². The number of aryl methyl sites for hydroxylation is 1. The largest absolute Gasteiger partial charge is 0.493 e. The Bertz CT molecular complexity index is 1020. The molecule has 0 spiro atoms. The lowest BCUT2D eigenvalue weighted by Crippen LogP contribution is -2.26. The molecule has 1 fully saturated rings. The zero-order valence-electron chi connectivity index (χ0n) is 19.6. The van der Waals surface area contributed by atoms with Gasteiger partial charge in [-0.3, -0.25) is 4.90 Å². The molecule has 1 aliphatic rings. The second kappa shape index (κ2) is 9.74. The number of nitrogens with zero attached hydrogens (tertiary/aromatic N) is 3. The highest BCUT2D eigenvalue weighted by Gasteiger charge is 2.41. The van der Waals surface area contributed by atoms with E-state index in [2.05, 4.69) is 54.4 Å². The average molecular weight is 436 g/mol. The van der Waals surface area contributed by atoms with Crippen molar-refractivity contribution in [2.24, 2.45) is 0 Å². The predicted octanol–water partition coefficient (Wildman–Crippen LogP) is 4.93. The summed E-state index contributed by atoms with van der Waals surface area (Å²) in [5.74, 6) is 3.01. The van der Waals surface area contributed by atoms with Gasteiger partial charge in [0.05, 0.1) is 26.2 Å². The molecule has 0 bridgehead atoms. The quantitative estimate of drug-likeness (QED) is 0.475. The van der Waals surface area contributed by atoms with Gasteiger partial charge in [-0.1, -0.05) is 53.9 Å². The number of ether oxygens (including phenoxy) is 2. The molecule has 0 atom stereocenters. The minimum absolute atomic E-state index is 0.117. The molecule has 6 nitrogen and oxygen atoms in total. The lowest BCUT2D eigenvalue weighted by atomic mass is 9.78. The van der Waals surface area contributed by atoms with Gasteiger partial charge in [0.15, 0.2) is 17.3 Å². The molecule has 32 heavy (non-hydrogen) atoms. The molecule has 2 aromatic carbocycles. The fraction of sp³-hybridized carbons (Fsp3) is 0.462. The highest BCUT2D eigenvalue weighted by molar-refractivity contribution is 5.43. The number of benzene rings is 2. The summed E-state index contributed by atoms with van der Waals surface area (Å²) in [5, 5.41) is 4.44. The Kier molecular flexibility index (Phi) is 6.80. The van der Waals surface area contributed by atoms with Crippen molar-refractivity contribution in [3.63, 3.8) is 0 Å². The van der Waals surface area contributed by atoms with Gasteiger partial charge in [-0.25, -0.2) is 0 Å². The van der Waals surface area contributed by atoms with Gasteiger partial charge < -0.3 is 14.0 Å². The Morgan fingerprint density at radius 2 is 1.72 bits per heavy atom. The van der Waals surface area contributed by atoms with Crippen molar-refractivity contribution in [1.82, 2.24) is 15.0 Å². The van der Waals surface area contributed by atoms with Crippen molar-refractivity contribution in [1.29, 1.82) is 0 Å². The minimum Gasteiger partial charge on any atom is -0.493 e. The second-order valence-corrected chi connectivity index (χ2v) is 8.84. The fourth-order valence-corrected chi connectivity index (χ4v) is 4.67. The van der Waals surface area contributed by atoms with Crippen LogP contribution in [0.3, 0.4) is 0 Å². The van der Waals surface area contributed by atoms with Gasteiger partial charge in [0, 0.05) is 6.54 Å². The minimum atomic E-state index is -0.117. The van der Waals surface area contributed by atoms with Crippen LogP contribution in [-0.4, -0.2) is 42.9 Å². The van der Waals surface area contributed by atoms with E-state index in [1.54, 1.807) is 14.2 Å². The van der Waals surface area contributed by atoms with E-state index in [0.717, 1.165) is 43.1 Å². The first-order valence-electron chi connectivity index (χ1n) is 11.3. The Balaban J connectivity index is 1.42. The molecule has 3 aromatic rings. The summed E-state index contributed by atoms with van der Waals surface area (Å²) in [5.41, 5.74) is 3.65. The van der Waals surface area contributed by atoms with Crippen molar-refractivity contribution in [2.45, 2.75) is 51.0 Å². The molecule has 0 N–H and O–H groups in total. The summed E-state index contributed by atoms with van der Waals surface area (Å²) >= 11 is 0. The van der Waals surface area contributed by atoms with Crippen LogP contribution in [0.5, 0.6) is 11.5 Å². The summed E-state index contributed by atoms with van der Waals surface area (Å²) in [6.07, 6.45) is 5.44. The first-order chi connectivity index (χ1) is 15.5.